The van der Waals surface area contributed by atoms with Crippen LogP contribution in [0, 0.1) is 0 Å². The Morgan fingerprint density at radius 2 is 1.71 bits per heavy atom. The molecule has 0 amide bonds. The van der Waals surface area contributed by atoms with Gasteiger partial charge in [-0.2, -0.15) is 17.2 Å². The van der Waals surface area contributed by atoms with E-state index in [9.17, 15) is 22.0 Å². The molecule has 1 aliphatic carbocycles. The van der Waals surface area contributed by atoms with Crippen molar-refractivity contribution in [3.63, 3.8) is 0 Å². The van der Waals surface area contributed by atoms with Crippen molar-refractivity contribution in [2.75, 3.05) is 0 Å². The van der Waals surface area contributed by atoms with E-state index in [1.54, 1.807) is 0 Å². The minimum Gasteiger partial charge on any atom is -0.457 e. The number of hydrogen-bond donors (Lipinski definition) is 2. The molecule has 1 rings (SSSR count). The highest BCUT2D eigenvalue weighted by atomic mass is 32.2. The van der Waals surface area contributed by atoms with Gasteiger partial charge in [0.1, 0.15) is 6.10 Å². The lowest BCUT2D eigenvalue weighted by atomic mass is 9.95. The van der Waals surface area contributed by atoms with Gasteiger partial charge in [0.05, 0.1) is 6.10 Å². The third-order valence-corrected chi connectivity index (χ3v) is 3.29. The summed E-state index contributed by atoms with van der Waals surface area (Å²) in [6, 6.07) is 0. The Hall–Kier alpha value is -0.800. The average Bonchev–Trinajstić information content (AvgIpc) is 2.19. The van der Waals surface area contributed by atoms with E-state index in [0.29, 0.717) is 0 Å². The number of halogens is 2. The average molecular weight is 274 g/mol. The van der Waals surface area contributed by atoms with Gasteiger partial charge < -0.3 is 9.84 Å². The molecule has 1 fully saturated rings. The maximum atomic E-state index is 12.8. The number of esters is 1. The van der Waals surface area contributed by atoms with Crippen molar-refractivity contribution in [1.29, 1.82) is 0 Å². The lowest BCUT2D eigenvalue weighted by Gasteiger charge is -2.26. The van der Waals surface area contributed by atoms with Crippen molar-refractivity contribution in [1.82, 2.24) is 0 Å². The highest BCUT2D eigenvalue weighted by Gasteiger charge is 2.54. The molecule has 100 valence electrons. The Kier molecular flexibility index (Phi) is 4.05. The molecular formula is C8H12F2O6S. The van der Waals surface area contributed by atoms with Gasteiger partial charge in [0.15, 0.2) is 0 Å². The van der Waals surface area contributed by atoms with E-state index in [0.717, 1.165) is 0 Å². The fourth-order valence-electron chi connectivity index (χ4n) is 1.49. The van der Waals surface area contributed by atoms with Crippen LogP contribution in [0.1, 0.15) is 25.7 Å². The number of aliphatic hydroxyl groups is 1. The molecule has 1 saturated carbocycles. The van der Waals surface area contributed by atoms with Crippen LogP contribution in [0.25, 0.3) is 0 Å². The van der Waals surface area contributed by atoms with Crippen LogP contribution in [0.5, 0.6) is 0 Å². The minimum absolute atomic E-state index is 0.175. The minimum atomic E-state index is -5.82. The normalized spacial score (nSPS) is 26.6. The Bertz CT molecular complexity index is 385. The molecule has 0 spiro atoms. The summed E-state index contributed by atoms with van der Waals surface area (Å²) in [7, 11) is -5.82. The van der Waals surface area contributed by atoms with E-state index >= 15 is 0 Å². The van der Waals surface area contributed by atoms with E-state index in [1.807, 2.05) is 0 Å². The summed E-state index contributed by atoms with van der Waals surface area (Å²) < 4.78 is 58.6. The Balaban J connectivity index is 2.61. The van der Waals surface area contributed by atoms with Crippen molar-refractivity contribution in [2.24, 2.45) is 0 Å². The standard InChI is InChI=1S/C8H12F2O6S/c9-8(10,17(13,14)15)7(12)16-6-3-1-5(11)2-4-6/h5-6,11H,1-4H2,(H,13,14,15). The zero-order chi connectivity index (χ0) is 13.3. The highest BCUT2D eigenvalue weighted by Crippen LogP contribution is 2.27. The molecule has 0 heterocycles. The number of alkyl halides is 2. The fourth-order valence-corrected chi connectivity index (χ4v) is 1.75. The summed E-state index contributed by atoms with van der Waals surface area (Å²) in [4.78, 5) is 10.9. The van der Waals surface area contributed by atoms with Crippen LogP contribution in [-0.4, -0.2) is 41.5 Å². The molecule has 17 heavy (non-hydrogen) atoms. The fraction of sp³-hybridized carbons (Fsp3) is 0.875. The highest BCUT2D eigenvalue weighted by molar-refractivity contribution is 7.87. The molecule has 0 radical (unpaired) electrons. The molecular weight excluding hydrogens is 262 g/mol. The van der Waals surface area contributed by atoms with E-state index in [1.165, 1.54) is 0 Å². The molecule has 0 aromatic rings. The number of rotatable bonds is 3. The molecule has 0 aromatic heterocycles. The molecule has 0 atom stereocenters. The summed E-state index contributed by atoms with van der Waals surface area (Å²) in [5, 5.41) is 4.17. The monoisotopic (exact) mass is 274 g/mol. The summed E-state index contributed by atoms with van der Waals surface area (Å²) in [5.41, 5.74) is 0. The second-order valence-electron chi connectivity index (χ2n) is 3.83. The van der Waals surface area contributed by atoms with Gasteiger partial charge in [0, 0.05) is 0 Å². The first-order valence-corrected chi connectivity index (χ1v) is 6.32. The van der Waals surface area contributed by atoms with Gasteiger partial charge in [0.25, 0.3) is 0 Å². The first kappa shape index (κ1) is 14.3. The summed E-state index contributed by atoms with van der Waals surface area (Å²) in [5.74, 6) is -2.29. The molecule has 0 unspecified atom stereocenters. The van der Waals surface area contributed by atoms with Gasteiger partial charge in [0.2, 0.25) is 0 Å². The Morgan fingerprint density at radius 3 is 2.12 bits per heavy atom. The van der Waals surface area contributed by atoms with Crippen molar-refractivity contribution < 1.29 is 36.4 Å². The Labute approximate surface area is 96.3 Å². The molecule has 0 saturated heterocycles. The van der Waals surface area contributed by atoms with Gasteiger partial charge in [-0.25, -0.2) is 4.79 Å². The van der Waals surface area contributed by atoms with Crippen LogP contribution < -0.4 is 0 Å². The molecule has 2 N–H and O–H groups in total. The van der Waals surface area contributed by atoms with Crippen LogP contribution in [-0.2, 0) is 19.6 Å². The second kappa shape index (κ2) is 4.83. The summed E-state index contributed by atoms with van der Waals surface area (Å²) in [6.45, 7) is 0. The predicted octanol–water partition coefficient (Wildman–Crippen LogP) is 0.314. The largest absolute Gasteiger partial charge is 0.465 e. The van der Waals surface area contributed by atoms with Crippen molar-refractivity contribution in [2.45, 2.75) is 43.1 Å². The lowest BCUT2D eigenvalue weighted by Crippen LogP contribution is -2.41. The van der Waals surface area contributed by atoms with Crippen molar-refractivity contribution in [3.8, 4) is 0 Å². The van der Waals surface area contributed by atoms with Gasteiger partial charge in [-0.3, -0.25) is 4.55 Å². The zero-order valence-corrected chi connectivity index (χ0v) is 9.49. The molecule has 9 heteroatoms. The number of aliphatic hydroxyl groups excluding tert-OH is 1. The lowest BCUT2D eigenvalue weighted by molar-refractivity contribution is -0.169. The van der Waals surface area contributed by atoms with E-state index in [4.69, 9.17) is 9.66 Å². The van der Waals surface area contributed by atoms with Gasteiger partial charge in [-0.05, 0) is 25.7 Å². The zero-order valence-electron chi connectivity index (χ0n) is 8.67. The van der Waals surface area contributed by atoms with Crippen molar-refractivity contribution >= 4 is 16.1 Å². The maximum absolute atomic E-state index is 12.8. The first-order valence-electron chi connectivity index (χ1n) is 4.88. The smallest absolute Gasteiger partial charge is 0.457 e. The molecule has 0 bridgehead atoms. The predicted molar refractivity (Wildman–Crippen MR) is 50.9 cm³/mol. The molecule has 6 nitrogen and oxygen atoms in total. The quantitative estimate of drug-likeness (QED) is 0.567. The van der Waals surface area contributed by atoms with E-state index < -0.39 is 33.5 Å². The third-order valence-electron chi connectivity index (χ3n) is 2.48. The van der Waals surface area contributed by atoms with E-state index in [2.05, 4.69) is 4.74 Å². The second-order valence-corrected chi connectivity index (χ2v) is 5.29. The summed E-state index contributed by atoms with van der Waals surface area (Å²) >= 11 is 0. The SMILES string of the molecule is O=C(OC1CCC(O)CC1)C(F)(F)S(=O)(=O)O. The first-order chi connectivity index (χ1) is 7.64. The van der Waals surface area contributed by atoms with Crippen LogP contribution in [0.3, 0.4) is 0 Å². The number of hydrogen-bond acceptors (Lipinski definition) is 5. The van der Waals surface area contributed by atoms with Gasteiger partial charge >= 0.3 is 21.3 Å². The summed E-state index contributed by atoms with van der Waals surface area (Å²) in [6.07, 6.45) is -0.501. The van der Waals surface area contributed by atoms with Crippen LogP contribution in [0.15, 0.2) is 0 Å². The molecule has 0 aromatic carbocycles. The van der Waals surface area contributed by atoms with Crippen LogP contribution in [0.4, 0.5) is 8.78 Å². The van der Waals surface area contributed by atoms with Gasteiger partial charge in [-0.15, -0.1) is 0 Å². The van der Waals surface area contributed by atoms with Crippen molar-refractivity contribution in [3.05, 3.63) is 0 Å². The Morgan fingerprint density at radius 1 is 1.24 bits per heavy atom. The number of ether oxygens (including phenoxy) is 1. The number of carbonyl (C=O) groups is 1. The third kappa shape index (κ3) is 3.33. The maximum Gasteiger partial charge on any atom is 0.465 e. The van der Waals surface area contributed by atoms with Crippen LogP contribution in [0.2, 0.25) is 0 Å². The number of carbonyl (C=O) groups excluding carboxylic acids is 1. The van der Waals surface area contributed by atoms with E-state index in [-0.39, 0.29) is 25.7 Å². The molecule has 1 aliphatic rings. The van der Waals surface area contributed by atoms with Crippen LogP contribution >= 0.6 is 0 Å². The molecule has 0 aliphatic heterocycles. The topological polar surface area (TPSA) is 101 Å². The van der Waals surface area contributed by atoms with Gasteiger partial charge in [-0.1, -0.05) is 0 Å².